The Morgan fingerprint density at radius 1 is 1.10 bits per heavy atom. The topological polar surface area (TPSA) is 80.4 Å². The number of aromatic nitrogens is 1. The van der Waals surface area contributed by atoms with Gasteiger partial charge in [0.05, 0.1) is 17.8 Å². The summed E-state index contributed by atoms with van der Waals surface area (Å²) >= 11 is 0. The predicted molar refractivity (Wildman–Crippen MR) is 123 cm³/mol. The van der Waals surface area contributed by atoms with Crippen LogP contribution in [0.15, 0.2) is 24.3 Å². The molecule has 1 aromatic carbocycles. The Balaban J connectivity index is 1.79. The summed E-state index contributed by atoms with van der Waals surface area (Å²) in [5.74, 6) is 0.489. The molecule has 0 radical (unpaired) electrons. The molecule has 6 heteroatoms. The van der Waals surface area contributed by atoms with Gasteiger partial charge in [-0.15, -0.1) is 0 Å². The van der Waals surface area contributed by atoms with E-state index in [1.54, 1.807) is 4.90 Å². The fourth-order valence-electron chi connectivity index (χ4n) is 4.53. The van der Waals surface area contributed by atoms with Gasteiger partial charge in [0.15, 0.2) is 0 Å². The van der Waals surface area contributed by atoms with Crippen LogP contribution in [0.3, 0.4) is 0 Å². The van der Waals surface area contributed by atoms with Crippen LogP contribution >= 0.6 is 0 Å². The molecule has 31 heavy (non-hydrogen) atoms. The highest BCUT2D eigenvalue weighted by Crippen LogP contribution is 2.48. The van der Waals surface area contributed by atoms with Gasteiger partial charge in [-0.05, 0) is 56.6 Å². The minimum absolute atomic E-state index is 0.105. The van der Waals surface area contributed by atoms with Crippen LogP contribution in [0.4, 0.5) is 4.79 Å². The molecule has 1 aromatic heterocycles. The molecular formula is C25H34N4O2. The van der Waals surface area contributed by atoms with Gasteiger partial charge in [0.2, 0.25) is 0 Å². The fourth-order valence-corrected chi connectivity index (χ4v) is 4.53. The summed E-state index contributed by atoms with van der Waals surface area (Å²) in [6.45, 7) is 11.9. The van der Waals surface area contributed by atoms with E-state index in [2.05, 4.69) is 48.0 Å². The van der Waals surface area contributed by atoms with E-state index in [0.29, 0.717) is 37.0 Å². The summed E-state index contributed by atoms with van der Waals surface area (Å²) in [4.78, 5) is 27.3. The Labute approximate surface area is 184 Å². The number of urea groups is 1. The molecule has 1 saturated carbocycles. The number of carbonyl (C=O) groups is 2. The zero-order valence-electron chi connectivity index (χ0n) is 19.3. The van der Waals surface area contributed by atoms with Crippen molar-refractivity contribution in [2.75, 3.05) is 6.54 Å². The Kier molecular flexibility index (Phi) is 5.36. The molecule has 0 unspecified atom stereocenters. The van der Waals surface area contributed by atoms with Crippen LogP contribution in [0, 0.1) is 0 Å². The first-order valence-electron chi connectivity index (χ1n) is 11.3. The molecule has 0 saturated heterocycles. The van der Waals surface area contributed by atoms with Crippen molar-refractivity contribution >= 4 is 11.9 Å². The summed E-state index contributed by atoms with van der Waals surface area (Å²) in [5, 5.41) is 3.03. The standard InChI is InChI=1S/C25H34N4O2/c1-15(2)16-6-8-17(9-7-16)20-21(23(26)30)19-14-28(24(31)27-25(3,4)5)12-13-29(19)22(20)18-10-11-18/h6-9,15,18H,10-14H2,1-5H3,(H2,26,30)(H,27,31). The van der Waals surface area contributed by atoms with Crippen molar-refractivity contribution in [3.63, 3.8) is 0 Å². The fraction of sp³-hybridized carbons (Fsp3) is 0.520. The molecule has 2 heterocycles. The second kappa shape index (κ2) is 7.74. The third kappa shape index (κ3) is 4.21. The number of amides is 3. The van der Waals surface area contributed by atoms with Crippen LogP contribution in [0.25, 0.3) is 11.1 Å². The van der Waals surface area contributed by atoms with E-state index >= 15 is 0 Å². The Morgan fingerprint density at radius 2 is 1.74 bits per heavy atom. The number of primary amides is 1. The van der Waals surface area contributed by atoms with E-state index < -0.39 is 5.91 Å². The second-order valence-corrected chi connectivity index (χ2v) is 10.3. The van der Waals surface area contributed by atoms with Crippen LogP contribution in [0.2, 0.25) is 0 Å². The highest BCUT2D eigenvalue weighted by Gasteiger charge is 2.38. The van der Waals surface area contributed by atoms with Gasteiger partial charge in [0.25, 0.3) is 5.91 Å². The summed E-state index contributed by atoms with van der Waals surface area (Å²) in [7, 11) is 0. The number of benzene rings is 1. The van der Waals surface area contributed by atoms with E-state index in [0.717, 1.165) is 29.7 Å². The maximum atomic E-state index is 12.8. The molecule has 0 bridgehead atoms. The Hall–Kier alpha value is -2.76. The average molecular weight is 423 g/mol. The van der Waals surface area contributed by atoms with Gasteiger partial charge in [-0.1, -0.05) is 38.1 Å². The van der Waals surface area contributed by atoms with Crippen molar-refractivity contribution in [1.29, 1.82) is 0 Å². The third-order valence-electron chi connectivity index (χ3n) is 6.19. The zero-order valence-corrected chi connectivity index (χ0v) is 19.3. The number of hydrogen-bond acceptors (Lipinski definition) is 2. The van der Waals surface area contributed by atoms with Crippen molar-refractivity contribution in [2.45, 2.75) is 77.9 Å². The van der Waals surface area contributed by atoms with Crippen molar-refractivity contribution in [3.8, 4) is 11.1 Å². The zero-order chi connectivity index (χ0) is 22.5. The van der Waals surface area contributed by atoms with Gasteiger partial charge in [-0.2, -0.15) is 0 Å². The molecule has 0 spiro atoms. The number of carbonyl (C=O) groups excluding carboxylic acids is 2. The van der Waals surface area contributed by atoms with Gasteiger partial charge in [-0.25, -0.2) is 4.79 Å². The summed E-state index contributed by atoms with van der Waals surface area (Å²) in [6, 6.07) is 8.40. The lowest BCUT2D eigenvalue weighted by molar-refractivity contribution is 0.0997. The molecule has 1 aliphatic carbocycles. The van der Waals surface area contributed by atoms with Crippen molar-refractivity contribution in [2.24, 2.45) is 5.73 Å². The van der Waals surface area contributed by atoms with Crippen LogP contribution < -0.4 is 11.1 Å². The maximum Gasteiger partial charge on any atom is 0.318 e. The first kappa shape index (κ1) is 21.5. The average Bonchev–Trinajstić information content (AvgIpc) is 3.46. The van der Waals surface area contributed by atoms with E-state index in [4.69, 9.17) is 5.73 Å². The summed E-state index contributed by atoms with van der Waals surface area (Å²) < 4.78 is 2.27. The number of fused-ring (bicyclic) bond motifs is 1. The molecule has 4 rings (SSSR count). The van der Waals surface area contributed by atoms with Crippen molar-refractivity contribution < 1.29 is 9.59 Å². The number of nitrogens with zero attached hydrogens (tertiary/aromatic N) is 2. The smallest absolute Gasteiger partial charge is 0.318 e. The van der Waals surface area contributed by atoms with Crippen molar-refractivity contribution in [1.82, 2.24) is 14.8 Å². The highest BCUT2D eigenvalue weighted by molar-refractivity contribution is 6.02. The molecule has 1 fully saturated rings. The van der Waals surface area contributed by atoms with E-state index in [1.165, 1.54) is 11.3 Å². The molecule has 2 aromatic rings. The van der Waals surface area contributed by atoms with Gasteiger partial charge >= 0.3 is 6.03 Å². The second-order valence-electron chi connectivity index (χ2n) is 10.3. The van der Waals surface area contributed by atoms with Crippen LogP contribution in [0.1, 0.15) is 86.6 Å². The summed E-state index contributed by atoms with van der Waals surface area (Å²) in [5.41, 5.74) is 11.6. The lowest BCUT2D eigenvalue weighted by Gasteiger charge is -2.33. The number of nitrogens with two attached hydrogens (primary N) is 1. The molecule has 2 aliphatic rings. The van der Waals surface area contributed by atoms with Crippen LogP contribution in [0.5, 0.6) is 0 Å². The van der Waals surface area contributed by atoms with Gasteiger partial charge in [-0.3, -0.25) is 4.79 Å². The molecule has 166 valence electrons. The highest BCUT2D eigenvalue weighted by atomic mass is 16.2. The SMILES string of the molecule is CC(C)c1ccc(-c2c(C(N)=O)c3n(c2C2CC2)CCN(C(=O)NC(C)(C)C)C3)cc1. The number of nitrogens with one attached hydrogen (secondary N) is 1. The lowest BCUT2D eigenvalue weighted by Crippen LogP contribution is -2.50. The van der Waals surface area contributed by atoms with E-state index in [9.17, 15) is 9.59 Å². The largest absolute Gasteiger partial charge is 0.366 e. The van der Waals surface area contributed by atoms with Gasteiger partial charge < -0.3 is 20.5 Å². The van der Waals surface area contributed by atoms with Gasteiger partial charge in [0, 0.05) is 29.9 Å². The molecular weight excluding hydrogens is 388 g/mol. The quantitative estimate of drug-likeness (QED) is 0.756. The number of hydrogen-bond donors (Lipinski definition) is 2. The first-order valence-corrected chi connectivity index (χ1v) is 11.3. The van der Waals surface area contributed by atoms with E-state index in [1.807, 2.05) is 20.8 Å². The third-order valence-corrected chi connectivity index (χ3v) is 6.19. The minimum atomic E-state index is -0.420. The molecule has 0 atom stereocenters. The Bertz CT molecular complexity index is 1010. The monoisotopic (exact) mass is 422 g/mol. The number of rotatable bonds is 4. The lowest BCUT2D eigenvalue weighted by atomic mass is 9.94. The Morgan fingerprint density at radius 3 is 2.26 bits per heavy atom. The van der Waals surface area contributed by atoms with E-state index in [-0.39, 0.29) is 11.6 Å². The van der Waals surface area contributed by atoms with Crippen LogP contribution in [-0.4, -0.2) is 33.5 Å². The van der Waals surface area contributed by atoms with Crippen LogP contribution in [-0.2, 0) is 13.1 Å². The first-order chi connectivity index (χ1) is 14.6. The predicted octanol–water partition coefficient (Wildman–Crippen LogP) is 4.58. The van der Waals surface area contributed by atoms with Gasteiger partial charge in [0.1, 0.15) is 0 Å². The maximum absolute atomic E-state index is 12.8. The van der Waals surface area contributed by atoms with Crippen molar-refractivity contribution in [3.05, 3.63) is 46.8 Å². The molecule has 6 nitrogen and oxygen atoms in total. The molecule has 3 N–H and O–H groups in total. The summed E-state index contributed by atoms with van der Waals surface area (Å²) in [6.07, 6.45) is 2.26. The normalized spacial score (nSPS) is 16.4. The minimum Gasteiger partial charge on any atom is -0.366 e. The molecule has 1 aliphatic heterocycles. The molecule has 3 amide bonds.